The van der Waals surface area contributed by atoms with Crippen LogP contribution in [0.3, 0.4) is 0 Å². The van der Waals surface area contributed by atoms with Crippen molar-refractivity contribution in [1.82, 2.24) is 29.9 Å². The van der Waals surface area contributed by atoms with Crippen LogP contribution in [-0.2, 0) is 6.54 Å². The van der Waals surface area contributed by atoms with Crippen molar-refractivity contribution in [2.45, 2.75) is 32.2 Å². The Morgan fingerprint density at radius 2 is 1.74 bits per heavy atom. The molecule has 0 amide bonds. The number of aryl methyl sites for hydroxylation is 1. The molecule has 2 aromatic heterocycles. The van der Waals surface area contributed by atoms with E-state index < -0.39 is 0 Å². The van der Waals surface area contributed by atoms with Crippen molar-refractivity contribution in [2.75, 3.05) is 37.6 Å². The molecule has 1 aliphatic carbocycles. The molecule has 1 saturated heterocycles. The van der Waals surface area contributed by atoms with Gasteiger partial charge in [0.25, 0.3) is 0 Å². The van der Waals surface area contributed by atoms with Gasteiger partial charge in [0.15, 0.2) is 0 Å². The summed E-state index contributed by atoms with van der Waals surface area (Å²) in [5.74, 6) is 2.76. The summed E-state index contributed by atoms with van der Waals surface area (Å²) in [5.41, 5.74) is 1.09. The number of anilines is 1. The summed E-state index contributed by atoms with van der Waals surface area (Å²) in [6, 6.07) is 2.12. The van der Waals surface area contributed by atoms with Crippen LogP contribution in [0.15, 0.2) is 18.5 Å². The Labute approximate surface area is 136 Å². The second-order valence-electron chi connectivity index (χ2n) is 6.45. The van der Waals surface area contributed by atoms with Gasteiger partial charge in [0, 0.05) is 50.4 Å². The Morgan fingerprint density at radius 3 is 2.43 bits per heavy atom. The van der Waals surface area contributed by atoms with Crippen LogP contribution in [0.5, 0.6) is 0 Å². The Hall–Kier alpha value is -2.02. The third-order valence-electron chi connectivity index (χ3n) is 4.58. The fourth-order valence-electron chi connectivity index (χ4n) is 3.05. The maximum absolute atomic E-state index is 4.80. The second kappa shape index (κ2) is 6.23. The van der Waals surface area contributed by atoms with Crippen LogP contribution in [0.1, 0.15) is 30.3 Å². The van der Waals surface area contributed by atoms with E-state index in [0.29, 0.717) is 5.92 Å². The van der Waals surface area contributed by atoms with Gasteiger partial charge in [0.05, 0.1) is 18.9 Å². The first-order valence-electron chi connectivity index (χ1n) is 8.45. The van der Waals surface area contributed by atoms with E-state index in [1.807, 2.05) is 0 Å². The molecule has 2 fully saturated rings. The van der Waals surface area contributed by atoms with Crippen molar-refractivity contribution in [3.05, 3.63) is 30.0 Å². The maximum atomic E-state index is 4.80. The number of piperazine rings is 1. The van der Waals surface area contributed by atoms with Crippen molar-refractivity contribution < 1.29 is 0 Å². The first-order valence-corrected chi connectivity index (χ1v) is 8.45. The highest BCUT2D eigenvalue weighted by molar-refractivity contribution is 5.41. The predicted molar refractivity (Wildman–Crippen MR) is 87.4 cm³/mol. The molecule has 7 nitrogen and oxygen atoms in total. The van der Waals surface area contributed by atoms with Crippen molar-refractivity contribution in [1.29, 1.82) is 0 Å². The topological polar surface area (TPSA) is 63.0 Å². The van der Waals surface area contributed by atoms with E-state index >= 15 is 0 Å². The summed E-state index contributed by atoms with van der Waals surface area (Å²) in [7, 11) is 0. The quantitative estimate of drug-likeness (QED) is 0.823. The molecule has 0 bridgehead atoms. The summed E-state index contributed by atoms with van der Waals surface area (Å²) >= 11 is 0. The standard InChI is InChI=1S/C16H23N7/c1-13-12-15(20-16(19-13)14-2-3-14)22-9-6-21(7-10-22)8-11-23-17-4-5-18-23/h4-5,12,14H,2-3,6-11H2,1H3. The van der Waals surface area contributed by atoms with Gasteiger partial charge in [-0.15, -0.1) is 0 Å². The van der Waals surface area contributed by atoms with Crippen molar-refractivity contribution in [3.63, 3.8) is 0 Å². The Morgan fingerprint density at radius 1 is 1.00 bits per heavy atom. The minimum absolute atomic E-state index is 0.608. The molecular weight excluding hydrogens is 290 g/mol. The lowest BCUT2D eigenvalue weighted by Crippen LogP contribution is -2.47. The molecule has 1 saturated carbocycles. The second-order valence-corrected chi connectivity index (χ2v) is 6.45. The molecule has 2 aromatic rings. The third kappa shape index (κ3) is 3.50. The summed E-state index contributed by atoms with van der Waals surface area (Å²) in [5, 5.41) is 8.31. The van der Waals surface area contributed by atoms with Gasteiger partial charge < -0.3 is 4.90 Å². The molecule has 1 aliphatic heterocycles. The number of rotatable bonds is 5. The number of nitrogens with zero attached hydrogens (tertiary/aromatic N) is 7. The third-order valence-corrected chi connectivity index (χ3v) is 4.58. The molecule has 0 unspecified atom stereocenters. The van der Waals surface area contributed by atoms with E-state index in [0.717, 1.165) is 56.6 Å². The fourth-order valence-corrected chi connectivity index (χ4v) is 3.05. The van der Waals surface area contributed by atoms with Crippen LogP contribution in [0.4, 0.5) is 5.82 Å². The minimum Gasteiger partial charge on any atom is -0.354 e. The van der Waals surface area contributed by atoms with Gasteiger partial charge in [-0.05, 0) is 19.8 Å². The molecule has 4 rings (SSSR count). The highest BCUT2D eigenvalue weighted by Gasteiger charge is 2.28. The first kappa shape index (κ1) is 14.6. The van der Waals surface area contributed by atoms with Crippen LogP contribution >= 0.6 is 0 Å². The average Bonchev–Trinajstić information content (AvgIpc) is 3.29. The molecule has 0 radical (unpaired) electrons. The van der Waals surface area contributed by atoms with Crippen molar-refractivity contribution in [2.24, 2.45) is 0 Å². The number of hydrogen-bond donors (Lipinski definition) is 0. The van der Waals surface area contributed by atoms with Crippen LogP contribution < -0.4 is 4.90 Å². The summed E-state index contributed by atoms with van der Waals surface area (Å²) in [4.78, 5) is 16.0. The normalized spacial score (nSPS) is 19.3. The summed E-state index contributed by atoms with van der Waals surface area (Å²) < 4.78 is 0. The van der Waals surface area contributed by atoms with Crippen LogP contribution in [-0.4, -0.2) is 62.6 Å². The Balaban J connectivity index is 1.34. The van der Waals surface area contributed by atoms with Gasteiger partial charge in [-0.2, -0.15) is 15.0 Å². The maximum Gasteiger partial charge on any atom is 0.134 e. The minimum atomic E-state index is 0.608. The van der Waals surface area contributed by atoms with E-state index in [1.165, 1.54) is 12.8 Å². The van der Waals surface area contributed by atoms with Crippen LogP contribution in [0.2, 0.25) is 0 Å². The molecule has 2 aliphatic rings. The number of hydrogen-bond acceptors (Lipinski definition) is 6. The summed E-state index contributed by atoms with van der Waals surface area (Å²) in [6.07, 6.45) is 5.95. The largest absolute Gasteiger partial charge is 0.354 e. The molecule has 0 spiro atoms. The molecule has 7 heteroatoms. The van der Waals surface area contributed by atoms with E-state index in [9.17, 15) is 0 Å². The molecule has 0 N–H and O–H groups in total. The molecular formula is C16H23N7. The van der Waals surface area contributed by atoms with Gasteiger partial charge in [0.1, 0.15) is 11.6 Å². The van der Waals surface area contributed by atoms with E-state index in [-0.39, 0.29) is 0 Å². The molecule has 0 aromatic carbocycles. The van der Waals surface area contributed by atoms with Gasteiger partial charge >= 0.3 is 0 Å². The zero-order valence-corrected chi connectivity index (χ0v) is 13.6. The van der Waals surface area contributed by atoms with Crippen LogP contribution in [0, 0.1) is 6.92 Å². The Kier molecular flexibility index (Phi) is 3.95. The average molecular weight is 313 g/mol. The van der Waals surface area contributed by atoms with Crippen molar-refractivity contribution >= 4 is 5.82 Å². The smallest absolute Gasteiger partial charge is 0.134 e. The van der Waals surface area contributed by atoms with Crippen LogP contribution in [0.25, 0.3) is 0 Å². The molecule has 122 valence electrons. The van der Waals surface area contributed by atoms with Gasteiger partial charge in [-0.1, -0.05) is 0 Å². The van der Waals surface area contributed by atoms with E-state index in [4.69, 9.17) is 4.98 Å². The predicted octanol–water partition coefficient (Wildman–Crippen LogP) is 1.08. The van der Waals surface area contributed by atoms with Crippen molar-refractivity contribution in [3.8, 4) is 0 Å². The highest BCUT2D eigenvalue weighted by Crippen LogP contribution is 2.38. The monoisotopic (exact) mass is 313 g/mol. The summed E-state index contributed by atoms with van der Waals surface area (Å²) in [6.45, 7) is 8.08. The SMILES string of the molecule is Cc1cc(N2CCN(CCn3nccn3)CC2)nc(C2CC2)n1. The van der Waals surface area contributed by atoms with E-state index in [2.05, 4.69) is 38.0 Å². The lowest BCUT2D eigenvalue weighted by molar-refractivity contribution is 0.239. The Bertz CT molecular complexity index is 642. The van der Waals surface area contributed by atoms with Gasteiger partial charge in [-0.25, -0.2) is 9.97 Å². The zero-order valence-electron chi connectivity index (χ0n) is 13.6. The highest BCUT2D eigenvalue weighted by atomic mass is 15.5. The number of aromatic nitrogens is 5. The molecule has 23 heavy (non-hydrogen) atoms. The van der Waals surface area contributed by atoms with Gasteiger partial charge in [0.2, 0.25) is 0 Å². The lowest BCUT2D eigenvalue weighted by Gasteiger charge is -2.35. The first-order chi connectivity index (χ1) is 11.3. The zero-order chi connectivity index (χ0) is 15.6. The fraction of sp³-hybridized carbons (Fsp3) is 0.625. The molecule has 3 heterocycles. The van der Waals surface area contributed by atoms with E-state index in [1.54, 1.807) is 17.2 Å². The van der Waals surface area contributed by atoms with Gasteiger partial charge in [-0.3, -0.25) is 4.90 Å². The molecule has 0 atom stereocenters. The lowest BCUT2D eigenvalue weighted by atomic mass is 10.3.